The van der Waals surface area contributed by atoms with Gasteiger partial charge in [0.2, 0.25) is 5.91 Å². The van der Waals surface area contributed by atoms with Crippen LogP contribution in [0.3, 0.4) is 0 Å². The van der Waals surface area contributed by atoms with Gasteiger partial charge in [0.05, 0.1) is 4.92 Å². The minimum absolute atomic E-state index is 0.0139. The van der Waals surface area contributed by atoms with E-state index in [1.165, 1.54) is 6.07 Å². The van der Waals surface area contributed by atoms with Crippen LogP contribution in [0.15, 0.2) is 36.4 Å². The molecule has 2 aliphatic carbocycles. The van der Waals surface area contributed by atoms with Crippen molar-refractivity contribution in [1.29, 1.82) is 0 Å². The van der Waals surface area contributed by atoms with Crippen LogP contribution in [0.2, 0.25) is 0 Å². The molecule has 1 saturated carbocycles. The van der Waals surface area contributed by atoms with Crippen LogP contribution >= 0.6 is 0 Å². The van der Waals surface area contributed by atoms with Crippen molar-refractivity contribution in [2.45, 2.75) is 19.4 Å². The van der Waals surface area contributed by atoms with E-state index >= 15 is 0 Å². The zero-order valence-corrected chi connectivity index (χ0v) is 11.0. The van der Waals surface area contributed by atoms with E-state index in [2.05, 4.69) is 17.5 Å². The van der Waals surface area contributed by atoms with E-state index in [1.807, 2.05) is 0 Å². The highest BCUT2D eigenvalue weighted by Crippen LogP contribution is 2.43. The van der Waals surface area contributed by atoms with Crippen LogP contribution in [-0.4, -0.2) is 10.8 Å². The highest BCUT2D eigenvalue weighted by Gasteiger charge is 2.39. The number of allylic oxidation sites excluding steroid dienone is 2. The molecule has 5 heteroatoms. The number of hydrogen-bond donors (Lipinski definition) is 1. The summed E-state index contributed by atoms with van der Waals surface area (Å²) >= 11 is 0. The first-order chi connectivity index (χ1) is 9.65. The van der Waals surface area contributed by atoms with Gasteiger partial charge in [0.25, 0.3) is 5.69 Å². The van der Waals surface area contributed by atoms with Crippen molar-refractivity contribution in [3.05, 3.63) is 52.1 Å². The Hall–Kier alpha value is -2.17. The second-order valence-electron chi connectivity index (χ2n) is 5.49. The summed E-state index contributed by atoms with van der Waals surface area (Å²) in [6.07, 6.45) is 6.30. The lowest BCUT2D eigenvalue weighted by Crippen LogP contribution is -2.32. The lowest BCUT2D eigenvalue weighted by Gasteiger charge is -2.17. The van der Waals surface area contributed by atoms with Crippen molar-refractivity contribution < 1.29 is 9.72 Å². The maximum Gasteiger partial charge on any atom is 0.274 e. The number of carbonyl (C=O) groups is 1. The predicted molar refractivity (Wildman–Crippen MR) is 73.8 cm³/mol. The first kappa shape index (κ1) is 12.8. The van der Waals surface area contributed by atoms with E-state index in [0.717, 1.165) is 12.8 Å². The molecule has 0 saturated heterocycles. The van der Waals surface area contributed by atoms with Crippen molar-refractivity contribution >= 4 is 11.6 Å². The highest BCUT2D eigenvalue weighted by atomic mass is 16.6. The van der Waals surface area contributed by atoms with Crippen LogP contribution in [0.1, 0.15) is 18.4 Å². The zero-order valence-electron chi connectivity index (χ0n) is 11.0. The minimum Gasteiger partial charge on any atom is -0.352 e. The Morgan fingerprint density at radius 1 is 1.30 bits per heavy atom. The molecule has 2 aliphatic rings. The predicted octanol–water partition coefficient (Wildman–Crippen LogP) is 2.42. The molecule has 0 aromatic heterocycles. The molecule has 1 fully saturated rings. The van der Waals surface area contributed by atoms with E-state index in [4.69, 9.17) is 0 Å². The fourth-order valence-electron chi connectivity index (χ4n) is 3.23. The standard InChI is InChI=1S/C15H16N2O3/c18-15(13-8-10-5-6-11(13)7-10)16-9-12-3-1-2-4-14(12)17(19)20/h1-6,10-11,13H,7-9H2,(H,16,18)/t10-,11-,13+/m0/s1. The van der Waals surface area contributed by atoms with Crippen LogP contribution in [0, 0.1) is 27.9 Å². The average Bonchev–Trinajstić information content (AvgIpc) is 3.07. The topological polar surface area (TPSA) is 72.2 Å². The van der Waals surface area contributed by atoms with Gasteiger partial charge in [-0.25, -0.2) is 0 Å². The zero-order chi connectivity index (χ0) is 14.1. The summed E-state index contributed by atoms with van der Waals surface area (Å²) in [5.74, 6) is 0.945. The van der Waals surface area contributed by atoms with E-state index in [0.29, 0.717) is 17.4 Å². The Bertz CT molecular complexity index is 582. The first-order valence-corrected chi connectivity index (χ1v) is 6.83. The molecular weight excluding hydrogens is 256 g/mol. The van der Waals surface area contributed by atoms with Crippen molar-refractivity contribution in [2.75, 3.05) is 0 Å². The number of nitro benzene ring substituents is 1. The second kappa shape index (κ2) is 5.07. The minimum atomic E-state index is -0.415. The molecule has 20 heavy (non-hydrogen) atoms. The monoisotopic (exact) mass is 272 g/mol. The van der Waals surface area contributed by atoms with Crippen molar-refractivity contribution in [3.8, 4) is 0 Å². The summed E-state index contributed by atoms with van der Waals surface area (Å²) in [6.45, 7) is 0.216. The van der Waals surface area contributed by atoms with Crippen molar-refractivity contribution in [1.82, 2.24) is 5.32 Å². The number of nitro groups is 1. The molecule has 0 spiro atoms. The van der Waals surface area contributed by atoms with Crippen LogP contribution in [0.25, 0.3) is 0 Å². The fourth-order valence-corrected chi connectivity index (χ4v) is 3.23. The number of nitrogens with one attached hydrogen (secondary N) is 1. The van der Waals surface area contributed by atoms with Gasteiger partial charge in [-0.05, 0) is 24.7 Å². The number of amides is 1. The third kappa shape index (κ3) is 2.31. The molecule has 1 aromatic carbocycles. The largest absolute Gasteiger partial charge is 0.352 e. The molecule has 0 unspecified atom stereocenters. The van der Waals surface area contributed by atoms with Gasteiger partial charge in [0, 0.05) is 24.1 Å². The molecular formula is C15H16N2O3. The summed E-state index contributed by atoms with van der Waals surface area (Å²) in [5, 5.41) is 13.8. The smallest absolute Gasteiger partial charge is 0.274 e. The third-order valence-corrected chi connectivity index (χ3v) is 4.26. The molecule has 104 valence electrons. The Morgan fingerprint density at radius 2 is 2.10 bits per heavy atom. The molecule has 1 amide bonds. The maximum atomic E-state index is 12.2. The van der Waals surface area contributed by atoms with E-state index in [9.17, 15) is 14.9 Å². The number of hydrogen-bond acceptors (Lipinski definition) is 3. The van der Waals surface area contributed by atoms with Gasteiger partial charge in [-0.3, -0.25) is 14.9 Å². The van der Waals surface area contributed by atoms with Crippen molar-refractivity contribution in [2.24, 2.45) is 17.8 Å². The maximum absolute atomic E-state index is 12.2. The first-order valence-electron chi connectivity index (χ1n) is 6.83. The van der Waals surface area contributed by atoms with Gasteiger partial charge < -0.3 is 5.32 Å². The van der Waals surface area contributed by atoms with Crippen LogP contribution in [0.4, 0.5) is 5.69 Å². The Morgan fingerprint density at radius 3 is 2.75 bits per heavy atom. The van der Waals surface area contributed by atoms with Gasteiger partial charge in [-0.2, -0.15) is 0 Å². The molecule has 3 atom stereocenters. The Labute approximate surface area is 116 Å². The molecule has 5 nitrogen and oxygen atoms in total. The van der Waals surface area contributed by atoms with Crippen LogP contribution in [0.5, 0.6) is 0 Å². The van der Waals surface area contributed by atoms with E-state index in [-0.39, 0.29) is 24.1 Å². The number of benzene rings is 1. The van der Waals surface area contributed by atoms with Gasteiger partial charge >= 0.3 is 0 Å². The summed E-state index contributed by atoms with van der Waals surface area (Å²) < 4.78 is 0. The quantitative estimate of drug-likeness (QED) is 0.519. The van der Waals surface area contributed by atoms with Gasteiger partial charge in [-0.15, -0.1) is 0 Å². The molecule has 0 aliphatic heterocycles. The lowest BCUT2D eigenvalue weighted by molar-refractivity contribution is -0.385. The normalized spacial score (nSPS) is 26.7. The van der Waals surface area contributed by atoms with Crippen molar-refractivity contribution in [3.63, 3.8) is 0 Å². The lowest BCUT2D eigenvalue weighted by atomic mass is 9.93. The van der Waals surface area contributed by atoms with Crippen LogP contribution in [-0.2, 0) is 11.3 Å². The molecule has 1 aromatic rings. The summed E-state index contributed by atoms with van der Waals surface area (Å²) in [6, 6.07) is 6.51. The van der Waals surface area contributed by atoms with E-state index in [1.54, 1.807) is 18.2 Å². The Kier molecular flexibility index (Phi) is 3.26. The highest BCUT2D eigenvalue weighted by molar-refractivity contribution is 5.80. The van der Waals surface area contributed by atoms with Gasteiger partial charge in [0.15, 0.2) is 0 Å². The molecule has 3 rings (SSSR count). The number of rotatable bonds is 4. The molecule has 0 heterocycles. The SMILES string of the molecule is O=C(NCc1ccccc1[N+](=O)[O-])[C@@H]1C[C@H]2C=C[C@H]1C2. The summed E-state index contributed by atoms with van der Waals surface area (Å²) in [4.78, 5) is 22.7. The van der Waals surface area contributed by atoms with Gasteiger partial charge in [-0.1, -0.05) is 30.4 Å². The average molecular weight is 272 g/mol. The van der Waals surface area contributed by atoms with E-state index < -0.39 is 4.92 Å². The van der Waals surface area contributed by atoms with Crippen LogP contribution < -0.4 is 5.32 Å². The number of carbonyl (C=O) groups excluding carboxylic acids is 1. The molecule has 1 N–H and O–H groups in total. The number of nitrogens with zero attached hydrogens (tertiary/aromatic N) is 1. The summed E-state index contributed by atoms with van der Waals surface area (Å²) in [7, 11) is 0. The fraction of sp³-hybridized carbons (Fsp3) is 0.400. The molecule has 2 bridgehead atoms. The third-order valence-electron chi connectivity index (χ3n) is 4.26. The second-order valence-corrected chi connectivity index (χ2v) is 5.49. The number of para-hydroxylation sites is 1. The van der Waals surface area contributed by atoms with Gasteiger partial charge in [0.1, 0.15) is 0 Å². The molecule has 0 radical (unpaired) electrons. The Balaban J connectivity index is 1.64. The summed E-state index contributed by atoms with van der Waals surface area (Å²) in [5.41, 5.74) is 0.602. The number of fused-ring (bicyclic) bond motifs is 2.